The second-order valence-electron chi connectivity index (χ2n) is 5.49. The molecule has 0 fully saturated rings. The van der Waals surface area contributed by atoms with E-state index in [0.717, 1.165) is 46.9 Å². The average molecular weight is 291 g/mol. The summed E-state index contributed by atoms with van der Waals surface area (Å²) in [5, 5.41) is 5.06. The summed E-state index contributed by atoms with van der Waals surface area (Å²) in [6, 6.07) is 0. The maximum Gasteiger partial charge on any atom is 0.164 e. The van der Waals surface area contributed by atoms with Gasteiger partial charge < -0.3 is 0 Å². The monoisotopic (exact) mass is 290 g/mol. The van der Waals surface area contributed by atoms with Gasteiger partial charge in [0.05, 0.1) is 11.3 Å². The fourth-order valence-electron chi connectivity index (χ4n) is 2.93. The van der Waals surface area contributed by atoms with Gasteiger partial charge >= 0.3 is 0 Å². The van der Waals surface area contributed by atoms with Crippen molar-refractivity contribution in [2.24, 2.45) is 7.05 Å². The number of halogens is 1. The van der Waals surface area contributed by atoms with E-state index >= 15 is 0 Å². The van der Waals surface area contributed by atoms with Crippen LogP contribution in [0.3, 0.4) is 0 Å². The Morgan fingerprint density at radius 1 is 1.05 bits per heavy atom. The molecule has 0 bridgehead atoms. The molecule has 0 aliphatic heterocycles. The molecule has 0 radical (unpaired) electrons. The molecule has 0 N–H and O–H groups in total. The summed E-state index contributed by atoms with van der Waals surface area (Å²) in [4.78, 5) is 9.32. The highest BCUT2D eigenvalue weighted by atomic mass is 35.5. The molecule has 0 saturated heterocycles. The van der Waals surface area contributed by atoms with E-state index in [4.69, 9.17) is 16.6 Å². The fraction of sp³-hybridized carbons (Fsp3) is 0.533. The molecule has 2 aromatic rings. The van der Waals surface area contributed by atoms with E-state index in [-0.39, 0.29) is 0 Å². The van der Waals surface area contributed by atoms with Gasteiger partial charge in [-0.25, -0.2) is 9.97 Å². The molecule has 2 heterocycles. The average Bonchev–Trinajstić information content (AvgIpc) is 2.58. The highest BCUT2D eigenvalue weighted by Gasteiger charge is 2.20. The molecule has 1 aliphatic rings. The van der Waals surface area contributed by atoms with Crippen molar-refractivity contribution in [1.29, 1.82) is 0 Å². The van der Waals surface area contributed by atoms with Gasteiger partial charge in [-0.15, -0.1) is 0 Å². The minimum absolute atomic E-state index is 0.620. The van der Waals surface area contributed by atoms with E-state index < -0.39 is 0 Å². The van der Waals surface area contributed by atoms with Crippen LogP contribution in [-0.4, -0.2) is 19.7 Å². The molecule has 5 heteroatoms. The zero-order valence-corrected chi connectivity index (χ0v) is 13.0. The maximum absolute atomic E-state index is 6.40. The van der Waals surface area contributed by atoms with Crippen LogP contribution in [-0.2, 0) is 19.9 Å². The van der Waals surface area contributed by atoms with Crippen LogP contribution in [0.5, 0.6) is 0 Å². The predicted octanol–water partition coefficient (Wildman–Crippen LogP) is 3.42. The molecule has 20 heavy (non-hydrogen) atoms. The highest BCUT2D eigenvalue weighted by Crippen LogP contribution is 2.30. The molecule has 0 spiro atoms. The van der Waals surface area contributed by atoms with Crippen LogP contribution in [0.4, 0.5) is 0 Å². The third kappa shape index (κ3) is 2.22. The number of aromatic nitrogens is 4. The molecule has 0 atom stereocenters. The van der Waals surface area contributed by atoms with Crippen LogP contribution in [0.15, 0.2) is 0 Å². The second kappa shape index (κ2) is 5.17. The van der Waals surface area contributed by atoms with Crippen molar-refractivity contribution in [2.45, 2.75) is 46.0 Å². The molecule has 1 aliphatic carbocycles. The second-order valence-corrected chi connectivity index (χ2v) is 5.85. The lowest BCUT2D eigenvalue weighted by Crippen LogP contribution is -2.03. The van der Waals surface area contributed by atoms with Crippen LogP contribution in [0.2, 0.25) is 5.15 Å². The summed E-state index contributed by atoms with van der Waals surface area (Å²) >= 11 is 6.40. The zero-order chi connectivity index (χ0) is 14.3. The summed E-state index contributed by atoms with van der Waals surface area (Å²) in [6.45, 7) is 4.03. The lowest BCUT2D eigenvalue weighted by Gasteiger charge is -2.09. The van der Waals surface area contributed by atoms with Crippen LogP contribution in [0, 0.1) is 13.8 Å². The SMILES string of the molecule is Cc1nn(C)c(C)c1-c1nc(Cl)c2c(n1)CCCCC2. The Balaban J connectivity index is 2.16. The number of nitrogens with zero attached hydrogens (tertiary/aromatic N) is 4. The van der Waals surface area contributed by atoms with E-state index in [1.165, 1.54) is 19.3 Å². The number of hydrogen-bond acceptors (Lipinski definition) is 3. The van der Waals surface area contributed by atoms with Crippen molar-refractivity contribution >= 4 is 11.6 Å². The lowest BCUT2D eigenvalue weighted by molar-refractivity contribution is 0.709. The molecular formula is C15H19ClN4. The van der Waals surface area contributed by atoms with Gasteiger partial charge in [-0.1, -0.05) is 18.0 Å². The quantitative estimate of drug-likeness (QED) is 0.597. The predicted molar refractivity (Wildman–Crippen MR) is 80.0 cm³/mol. The summed E-state index contributed by atoms with van der Waals surface area (Å²) < 4.78 is 1.87. The fourth-order valence-corrected chi connectivity index (χ4v) is 3.22. The van der Waals surface area contributed by atoms with Crippen LogP contribution < -0.4 is 0 Å². The summed E-state index contributed by atoms with van der Waals surface area (Å²) in [6.07, 6.45) is 5.61. The topological polar surface area (TPSA) is 43.6 Å². The first kappa shape index (κ1) is 13.6. The largest absolute Gasteiger partial charge is 0.272 e. The normalized spacial score (nSPS) is 15.0. The van der Waals surface area contributed by atoms with Gasteiger partial charge in [-0.2, -0.15) is 5.10 Å². The Labute approximate surface area is 124 Å². The number of aryl methyl sites for hydroxylation is 3. The van der Waals surface area contributed by atoms with Crippen molar-refractivity contribution < 1.29 is 0 Å². The molecule has 3 rings (SSSR count). The Kier molecular flexibility index (Phi) is 3.50. The van der Waals surface area contributed by atoms with E-state index in [1.54, 1.807) is 0 Å². The number of fused-ring (bicyclic) bond motifs is 1. The third-order valence-corrected chi connectivity index (χ3v) is 4.43. The minimum Gasteiger partial charge on any atom is -0.272 e. The van der Waals surface area contributed by atoms with Gasteiger partial charge in [0.2, 0.25) is 0 Å². The van der Waals surface area contributed by atoms with E-state index in [1.807, 2.05) is 25.6 Å². The van der Waals surface area contributed by atoms with Crippen LogP contribution >= 0.6 is 11.6 Å². The van der Waals surface area contributed by atoms with Gasteiger partial charge in [-0.05, 0) is 39.5 Å². The van der Waals surface area contributed by atoms with E-state index in [2.05, 4.69) is 10.1 Å². The van der Waals surface area contributed by atoms with Crippen LogP contribution in [0.1, 0.15) is 41.9 Å². The van der Waals surface area contributed by atoms with Crippen molar-refractivity contribution in [3.8, 4) is 11.4 Å². The van der Waals surface area contributed by atoms with Gasteiger partial charge in [-0.3, -0.25) is 4.68 Å². The molecule has 106 valence electrons. The highest BCUT2D eigenvalue weighted by molar-refractivity contribution is 6.30. The first-order valence-electron chi connectivity index (χ1n) is 7.13. The van der Waals surface area contributed by atoms with E-state index in [9.17, 15) is 0 Å². The van der Waals surface area contributed by atoms with Crippen molar-refractivity contribution in [1.82, 2.24) is 19.7 Å². The Hall–Kier alpha value is -1.42. The number of hydrogen-bond donors (Lipinski definition) is 0. The van der Waals surface area contributed by atoms with Crippen molar-refractivity contribution in [3.63, 3.8) is 0 Å². The summed E-state index contributed by atoms with van der Waals surface area (Å²) in [5.41, 5.74) is 5.32. The summed E-state index contributed by atoms with van der Waals surface area (Å²) in [5.74, 6) is 0.721. The molecule has 0 amide bonds. The Morgan fingerprint density at radius 3 is 2.50 bits per heavy atom. The van der Waals surface area contributed by atoms with Gasteiger partial charge in [0.15, 0.2) is 5.82 Å². The summed E-state index contributed by atoms with van der Waals surface area (Å²) in [7, 11) is 1.94. The molecule has 0 unspecified atom stereocenters. The zero-order valence-electron chi connectivity index (χ0n) is 12.2. The van der Waals surface area contributed by atoms with Gasteiger partial charge in [0.1, 0.15) is 5.15 Å². The third-order valence-electron chi connectivity index (χ3n) is 4.12. The molecule has 4 nitrogen and oxygen atoms in total. The molecule has 0 aromatic carbocycles. The minimum atomic E-state index is 0.620. The standard InChI is InChI=1S/C15H19ClN4/c1-9-13(10(2)20(3)19-9)15-17-12-8-6-4-5-7-11(12)14(16)18-15/h4-8H2,1-3H3. The maximum atomic E-state index is 6.40. The molecular weight excluding hydrogens is 272 g/mol. The van der Waals surface area contributed by atoms with Crippen LogP contribution in [0.25, 0.3) is 11.4 Å². The van der Waals surface area contributed by atoms with Crippen molar-refractivity contribution in [2.75, 3.05) is 0 Å². The first-order valence-corrected chi connectivity index (χ1v) is 7.51. The van der Waals surface area contributed by atoms with Crippen molar-refractivity contribution in [3.05, 3.63) is 27.8 Å². The molecule has 2 aromatic heterocycles. The Morgan fingerprint density at radius 2 is 1.80 bits per heavy atom. The Bertz CT molecular complexity index is 660. The smallest absolute Gasteiger partial charge is 0.164 e. The van der Waals surface area contributed by atoms with Gasteiger partial charge in [0, 0.05) is 24.0 Å². The first-order chi connectivity index (χ1) is 9.58. The van der Waals surface area contributed by atoms with E-state index in [0.29, 0.717) is 5.15 Å². The lowest BCUT2D eigenvalue weighted by atomic mass is 10.1. The molecule has 0 saturated carbocycles. The van der Waals surface area contributed by atoms with Gasteiger partial charge in [0.25, 0.3) is 0 Å². The number of rotatable bonds is 1.